The molecule has 0 radical (unpaired) electrons. The zero-order valence-electron chi connectivity index (χ0n) is 14.6. The van der Waals surface area contributed by atoms with Gasteiger partial charge in [0.1, 0.15) is 0 Å². The third kappa shape index (κ3) is 2.96. The molecule has 9 heteroatoms. The summed E-state index contributed by atoms with van der Waals surface area (Å²) < 4.78 is 29.4. The zero-order chi connectivity index (χ0) is 17.6. The molecular formula is C15H25N5O3S. The average Bonchev–Trinajstić information content (AvgIpc) is 2.70. The highest BCUT2D eigenvalue weighted by molar-refractivity contribution is 7.86. The first-order valence-electron chi connectivity index (χ1n) is 8.19. The summed E-state index contributed by atoms with van der Waals surface area (Å²) in [7, 11) is 1.43. The van der Waals surface area contributed by atoms with E-state index in [4.69, 9.17) is 0 Å². The molecule has 3 aliphatic heterocycles. The number of aromatic nitrogens is 2. The minimum Gasteiger partial charge on any atom is -0.334 e. The molecule has 0 aromatic carbocycles. The maximum Gasteiger partial charge on any atom is 0.281 e. The molecule has 4 rings (SSSR count). The molecule has 2 bridgehead atoms. The molecule has 1 aromatic heterocycles. The van der Waals surface area contributed by atoms with Gasteiger partial charge in [-0.2, -0.15) is 22.1 Å². The minimum atomic E-state index is -3.45. The lowest BCUT2D eigenvalue weighted by Gasteiger charge is -2.36. The highest BCUT2D eigenvalue weighted by Crippen LogP contribution is 2.31. The Morgan fingerprint density at radius 3 is 2.54 bits per heavy atom. The van der Waals surface area contributed by atoms with E-state index in [0.29, 0.717) is 30.9 Å². The van der Waals surface area contributed by atoms with Crippen LogP contribution in [0, 0.1) is 12.8 Å². The highest BCUT2D eigenvalue weighted by Gasteiger charge is 2.41. The van der Waals surface area contributed by atoms with Crippen LogP contribution in [0.5, 0.6) is 0 Å². The van der Waals surface area contributed by atoms with Crippen molar-refractivity contribution >= 4 is 16.1 Å². The Bertz CT molecular complexity index is 742. The van der Waals surface area contributed by atoms with Crippen LogP contribution in [0.4, 0.5) is 0 Å². The van der Waals surface area contributed by atoms with Crippen molar-refractivity contribution in [1.29, 1.82) is 0 Å². The Hall–Kier alpha value is -1.45. The van der Waals surface area contributed by atoms with E-state index in [2.05, 4.69) is 5.10 Å². The first-order valence-corrected chi connectivity index (χ1v) is 9.58. The largest absolute Gasteiger partial charge is 0.334 e. The summed E-state index contributed by atoms with van der Waals surface area (Å²) in [6, 6.07) is -0.0782. The number of carbonyl (C=O) groups excluding carboxylic acids is 1. The monoisotopic (exact) mass is 355 g/mol. The van der Waals surface area contributed by atoms with E-state index >= 15 is 0 Å². The summed E-state index contributed by atoms with van der Waals surface area (Å²) in [5.74, 6) is 0.138. The Morgan fingerprint density at radius 1 is 1.25 bits per heavy atom. The van der Waals surface area contributed by atoms with Gasteiger partial charge in [-0.05, 0) is 25.7 Å². The standard InChI is InChI=1S/C15H25N5O3S/c1-11-14(10-18(4)16-11)15(21)20-8-12-5-6-13(20)9-19(7-12)24(22,23)17(2)3/h10,12-13H,5-9H2,1-4H3/t12-,13+/m0/s1. The molecule has 0 N–H and O–H groups in total. The van der Waals surface area contributed by atoms with Crippen LogP contribution in [0.15, 0.2) is 6.20 Å². The molecule has 8 nitrogen and oxygen atoms in total. The van der Waals surface area contributed by atoms with Gasteiger partial charge >= 0.3 is 0 Å². The fourth-order valence-electron chi connectivity index (χ4n) is 3.67. The van der Waals surface area contributed by atoms with Crippen LogP contribution in [0.2, 0.25) is 0 Å². The van der Waals surface area contributed by atoms with E-state index in [1.54, 1.807) is 32.0 Å². The zero-order valence-corrected chi connectivity index (χ0v) is 15.5. The Kier molecular flexibility index (Phi) is 4.43. The minimum absolute atomic E-state index is 0.0422. The summed E-state index contributed by atoms with van der Waals surface area (Å²) in [6.45, 7) is 3.28. The molecule has 3 aliphatic rings. The van der Waals surface area contributed by atoms with Gasteiger partial charge in [-0.1, -0.05) is 0 Å². The van der Waals surface area contributed by atoms with E-state index in [9.17, 15) is 13.2 Å². The molecule has 0 unspecified atom stereocenters. The number of amides is 1. The number of carbonyl (C=O) groups is 1. The van der Waals surface area contributed by atoms with Crippen LogP contribution in [0.25, 0.3) is 0 Å². The molecule has 4 heterocycles. The molecule has 2 atom stereocenters. The normalized spacial score (nSPS) is 25.3. The lowest BCUT2D eigenvalue weighted by Crippen LogP contribution is -2.48. The fourth-order valence-corrected chi connectivity index (χ4v) is 4.89. The van der Waals surface area contributed by atoms with E-state index in [0.717, 1.165) is 12.8 Å². The van der Waals surface area contributed by atoms with Crippen molar-refractivity contribution in [1.82, 2.24) is 23.3 Å². The summed E-state index contributed by atoms with van der Waals surface area (Å²) in [5.41, 5.74) is 1.31. The van der Waals surface area contributed by atoms with Crippen LogP contribution >= 0.6 is 0 Å². The number of nitrogens with zero attached hydrogens (tertiary/aromatic N) is 5. The summed E-state index contributed by atoms with van der Waals surface area (Å²) in [5, 5.41) is 4.25. The number of hydrogen-bond donors (Lipinski definition) is 0. The van der Waals surface area contributed by atoms with Crippen LogP contribution in [-0.4, -0.2) is 77.4 Å². The van der Waals surface area contributed by atoms with Crippen molar-refractivity contribution in [3.63, 3.8) is 0 Å². The number of hydrogen-bond acceptors (Lipinski definition) is 4. The molecule has 3 saturated heterocycles. The molecular weight excluding hydrogens is 330 g/mol. The van der Waals surface area contributed by atoms with Gasteiger partial charge < -0.3 is 4.90 Å². The van der Waals surface area contributed by atoms with E-state index in [1.807, 2.05) is 11.8 Å². The molecule has 134 valence electrons. The van der Waals surface area contributed by atoms with Gasteiger partial charge in [0, 0.05) is 53.0 Å². The Morgan fingerprint density at radius 2 is 1.96 bits per heavy atom. The first kappa shape index (κ1) is 17.4. The van der Waals surface area contributed by atoms with E-state index in [1.165, 1.54) is 8.61 Å². The number of piperidine rings is 1. The average molecular weight is 355 g/mol. The molecule has 24 heavy (non-hydrogen) atoms. The highest BCUT2D eigenvalue weighted by atomic mass is 32.2. The molecule has 0 saturated carbocycles. The maximum absolute atomic E-state index is 13.0. The smallest absolute Gasteiger partial charge is 0.281 e. The predicted molar refractivity (Wildman–Crippen MR) is 89.7 cm³/mol. The van der Waals surface area contributed by atoms with Gasteiger partial charge in [0.05, 0.1) is 11.3 Å². The number of rotatable bonds is 3. The quantitative estimate of drug-likeness (QED) is 0.769. The van der Waals surface area contributed by atoms with Crippen molar-refractivity contribution in [2.75, 3.05) is 33.7 Å². The lowest BCUT2D eigenvalue weighted by atomic mass is 9.94. The Balaban J connectivity index is 1.86. The third-order valence-corrected chi connectivity index (χ3v) is 6.85. The predicted octanol–water partition coefficient (Wildman–Crippen LogP) is 0.0713. The van der Waals surface area contributed by atoms with Crippen LogP contribution in [0.1, 0.15) is 28.9 Å². The van der Waals surface area contributed by atoms with Gasteiger partial charge in [0.15, 0.2) is 0 Å². The summed E-state index contributed by atoms with van der Waals surface area (Å²) in [4.78, 5) is 14.8. The number of aryl methyl sites for hydroxylation is 2. The maximum atomic E-state index is 13.0. The van der Waals surface area contributed by atoms with Crippen LogP contribution < -0.4 is 0 Å². The second kappa shape index (κ2) is 6.12. The fraction of sp³-hybridized carbons (Fsp3) is 0.733. The van der Waals surface area contributed by atoms with Crippen molar-refractivity contribution in [3.8, 4) is 0 Å². The second-order valence-electron chi connectivity index (χ2n) is 6.96. The van der Waals surface area contributed by atoms with Crippen molar-refractivity contribution in [2.24, 2.45) is 13.0 Å². The van der Waals surface area contributed by atoms with Crippen molar-refractivity contribution in [3.05, 3.63) is 17.5 Å². The Labute approximate surface area is 143 Å². The number of fused-ring (bicyclic) bond motifs is 4. The van der Waals surface area contributed by atoms with E-state index in [-0.39, 0.29) is 17.9 Å². The molecule has 0 aliphatic carbocycles. The SMILES string of the molecule is Cc1nn(C)cc1C(=O)N1C[C@H]2CC[C@@H]1CN(S(=O)(=O)N(C)C)C2. The van der Waals surface area contributed by atoms with Crippen molar-refractivity contribution < 1.29 is 13.2 Å². The summed E-state index contributed by atoms with van der Waals surface area (Å²) in [6.07, 6.45) is 3.54. The molecule has 1 aromatic rings. The van der Waals surface area contributed by atoms with Crippen LogP contribution in [-0.2, 0) is 17.3 Å². The van der Waals surface area contributed by atoms with Gasteiger partial charge in [0.2, 0.25) is 0 Å². The molecule has 3 fully saturated rings. The first-order chi connectivity index (χ1) is 11.2. The molecule has 1 amide bonds. The van der Waals surface area contributed by atoms with Gasteiger partial charge in [-0.3, -0.25) is 9.48 Å². The topological polar surface area (TPSA) is 78.8 Å². The van der Waals surface area contributed by atoms with E-state index < -0.39 is 10.2 Å². The van der Waals surface area contributed by atoms with Gasteiger partial charge in [-0.15, -0.1) is 0 Å². The van der Waals surface area contributed by atoms with Gasteiger partial charge in [0.25, 0.3) is 16.1 Å². The van der Waals surface area contributed by atoms with Crippen molar-refractivity contribution in [2.45, 2.75) is 25.8 Å². The van der Waals surface area contributed by atoms with Crippen LogP contribution in [0.3, 0.4) is 0 Å². The lowest BCUT2D eigenvalue weighted by molar-refractivity contribution is 0.0587. The third-order valence-electron chi connectivity index (χ3n) is 4.97. The molecule has 0 spiro atoms. The van der Waals surface area contributed by atoms with Gasteiger partial charge in [-0.25, -0.2) is 0 Å². The summed E-state index contributed by atoms with van der Waals surface area (Å²) >= 11 is 0. The second-order valence-corrected chi connectivity index (χ2v) is 9.11.